The lowest BCUT2D eigenvalue weighted by Crippen LogP contribution is -2.30. The molecule has 1 atom stereocenters. The Morgan fingerprint density at radius 3 is 0.865 bits per heavy atom. The standard InChI is InChI=1S/C68H116O6/c1-4-7-10-13-16-19-22-25-28-31-33-34-36-37-40-43-46-49-52-55-58-61-67(70)73-64-65(63-72-66(69)60-57-54-51-48-45-42-39-30-27-24-21-18-15-12-9-6-3)74-68(71)62-59-56-53-50-47-44-41-38-35-32-29-26-23-20-17-14-11-8-5-2/h8,11,17,20-21,24,26,29-31,33,35,38-39,44,47,65H,4-7,9-10,12-16,18-19,22-23,25,27-28,32,34,36-37,40-43,45-46,48-64H2,1-3H3/b11-8-,20-17-,24-21-,29-26-,33-31-,38-35-,39-30-,47-44-. The first kappa shape index (κ1) is 70.3. The number of esters is 3. The number of allylic oxidation sites excluding steroid dienone is 16. The predicted octanol–water partition coefficient (Wildman–Crippen LogP) is 21.3. The van der Waals surface area contributed by atoms with Gasteiger partial charge in [0.2, 0.25) is 0 Å². The second-order valence-electron chi connectivity index (χ2n) is 20.6. The van der Waals surface area contributed by atoms with Gasteiger partial charge in [-0.25, -0.2) is 0 Å². The summed E-state index contributed by atoms with van der Waals surface area (Å²) in [5, 5.41) is 0. The Morgan fingerprint density at radius 2 is 0.527 bits per heavy atom. The molecule has 6 heteroatoms. The van der Waals surface area contributed by atoms with Crippen molar-refractivity contribution in [2.75, 3.05) is 13.2 Å². The Morgan fingerprint density at radius 1 is 0.284 bits per heavy atom. The minimum absolute atomic E-state index is 0.0965. The zero-order valence-corrected chi connectivity index (χ0v) is 48.6. The highest BCUT2D eigenvalue weighted by molar-refractivity contribution is 5.71. The average molecular weight is 1030 g/mol. The van der Waals surface area contributed by atoms with Crippen LogP contribution in [0.15, 0.2) is 97.2 Å². The molecule has 0 fully saturated rings. The van der Waals surface area contributed by atoms with Crippen LogP contribution >= 0.6 is 0 Å². The highest BCUT2D eigenvalue weighted by Gasteiger charge is 2.19. The first-order valence-corrected chi connectivity index (χ1v) is 31.2. The van der Waals surface area contributed by atoms with Crippen molar-refractivity contribution in [2.45, 2.75) is 303 Å². The SMILES string of the molecule is CC/C=C\C/C=C\C/C=C\C/C=C\C/C=C\CCCCCC(=O)OC(COC(=O)CCCCCCC/C=C\C/C=C\CCCCCC)COC(=O)CCCCCCCCCCC/C=C\CCCCCCCCCC. The van der Waals surface area contributed by atoms with Crippen LogP contribution in [0.25, 0.3) is 0 Å². The van der Waals surface area contributed by atoms with Crippen molar-refractivity contribution in [1.29, 1.82) is 0 Å². The van der Waals surface area contributed by atoms with E-state index < -0.39 is 6.10 Å². The lowest BCUT2D eigenvalue weighted by atomic mass is 10.1. The van der Waals surface area contributed by atoms with E-state index in [0.717, 1.165) is 122 Å². The fourth-order valence-corrected chi connectivity index (χ4v) is 8.61. The van der Waals surface area contributed by atoms with E-state index in [4.69, 9.17) is 14.2 Å². The molecule has 74 heavy (non-hydrogen) atoms. The van der Waals surface area contributed by atoms with E-state index in [1.807, 2.05) is 0 Å². The number of hydrogen-bond donors (Lipinski definition) is 0. The molecule has 0 aromatic heterocycles. The van der Waals surface area contributed by atoms with Gasteiger partial charge in [0, 0.05) is 19.3 Å². The maximum Gasteiger partial charge on any atom is 0.306 e. The summed E-state index contributed by atoms with van der Waals surface area (Å²) in [5.41, 5.74) is 0. The summed E-state index contributed by atoms with van der Waals surface area (Å²) in [5.74, 6) is -0.937. The number of carbonyl (C=O) groups is 3. The second kappa shape index (κ2) is 61.9. The molecule has 1 unspecified atom stereocenters. The number of rotatable bonds is 56. The van der Waals surface area contributed by atoms with E-state index in [2.05, 4.69) is 118 Å². The number of ether oxygens (including phenoxy) is 3. The summed E-state index contributed by atoms with van der Waals surface area (Å²) < 4.78 is 16.9. The fourth-order valence-electron chi connectivity index (χ4n) is 8.61. The highest BCUT2D eigenvalue weighted by Crippen LogP contribution is 2.15. The van der Waals surface area contributed by atoms with Gasteiger partial charge >= 0.3 is 17.9 Å². The van der Waals surface area contributed by atoms with Crippen molar-refractivity contribution in [3.05, 3.63) is 97.2 Å². The summed E-state index contributed by atoms with van der Waals surface area (Å²) >= 11 is 0. The van der Waals surface area contributed by atoms with Crippen LogP contribution < -0.4 is 0 Å². The van der Waals surface area contributed by atoms with Crippen LogP contribution in [0.1, 0.15) is 297 Å². The van der Waals surface area contributed by atoms with E-state index in [-0.39, 0.29) is 37.5 Å². The molecule has 0 aliphatic heterocycles. The molecule has 0 aliphatic rings. The Bertz CT molecular complexity index is 1460. The summed E-state index contributed by atoms with van der Waals surface area (Å²) in [6.45, 7) is 6.49. The van der Waals surface area contributed by atoms with E-state index in [0.29, 0.717) is 12.8 Å². The van der Waals surface area contributed by atoms with Crippen LogP contribution in [0.5, 0.6) is 0 Å². The average Bonchev–Trinajstić information content (AvgIpc) is 3.40. The van der Waals surface area contributed by atoms with E-state index >= 15 is 0 Å². The van der Waals surface area contributed by atoms with Gasteiger partial charge in [-0.1, -0.05) is 253 Å². The van der Waals surface area contributed by atoms with E-state index in [1.165, 1.54) is 135 Å². The predicted molar refractivity (Wildman–Crippen MR) is 320 cm³/mol. The minimum Gasteiger partial charge on any atom is -0.462 e. The van der Waals surface area contributed by atoms with Gasteiger partial charge in [-0.15, -0.1) is 0 Å². The van der Waals surface area contributed by atoms with Crippen LogP contribution in [0.3, 0.4) is 0 Å². The Labute approximate surface area is 457 Å². The first-order valence-electron chi connectivity index (χ1n) is 31.2. The van der Waals surface area contributed by atoms with Crippen molar-refractivity contribution in [3.8, 4) is 0 Å². The molecule has 0 saturated heterocycles. The fraction of sp³-hybridized carbons (Fsp3) is 0.721. The first-order chi connectivity index (χ1) is 36.5. The van der Waals surface area contributed by atoms with Crippen LogP contribution in [0.4, 0.5) is 0 Å². The Balaban J connectivity index is 4.45. The molecule has 0 bridgehead atoms. The monoisotopic (exact) mass is 1030 g/mol. The van der Waals surface area contributed by atoms with Gasteiger partial charge < -0.3 is 14.2 Å². The third kappa shape index (κ3) is 59.2. The number of unbranched alkanes of at least 4 members (excludes halogenated alkanes) is 29. The van der Waals surface area contributed by atoms with Gasteiger partial charge in [-0.3, -0.25) is 14.4 Å². The molecule has 0 aliphatic carbocycles. The molecule has 0 saturated carbocycles. The normalized spacial score (nSPS) is 12.7. The van der Waals surface area contributed by atoms with Gasteiger partial charge in [0.15, 0.2) is 6.10 Å². The Hall–Kier alpha value is -3.67. The topological polar surface area (TPSA) is 78.9 Å². The summed E-state index contributed by atoms with van der Waals surface area (Å²) in [6.07, 6.45) is 82.6. The lowest BCUT2D eigenvalue weighted by Gasteiger charge is -2.18. The quantitative estimate of drug-likeness (QED) is 0.0261. The van der Waals surface area contributed by atoms with Crippen LogP contribution in [-0.2, 0) is 28.6 Å². The second-order valence-corrected chi connectivity index (χ2v) is 20.6. The zero-order chi connectivity index (χ0) is 53.6. The van der Waals surface area contributed by atoms with Crippen molar-refractivity contribution >= 4 is 17.9 Å². The highest BCUT2D eigenvalue weighted by atomic mass is 16.6. The molecular formula is C68H116O6. The molecule has 0 radical (unpaired) electrons. The molecule has 424 valence electrons. The molecule has 0 heterocycles. The van der Waals surface area contributed by atoms with E-state index in [9.17, 15) is 14.4 Å². The molecule has 0 spiro atoms. The maximum atomic E-state index is 12.9. The van der Waals surface area contributed by atoms with Crippen LogP contribution in [0.2, 0.25) is 0 Å². The molecule has 0 aromatic rings. The summed E-state index contributed by atoms with van der Waals surface area (Å²) in [6, 6.07) is 0. The number of carbonyl (C=O) groups excluding carboxylic acids is 3. The van der Waals surface area contributed by atoms with Crippen molar-refractivity contribution < 1.29 is 28.6 Å². The van der Waals surface area contributed by atoms with Gasteiger partial charge in [-0.2, -0.15) is 0 Å². The van der Waals surface area contributed by atoms with Crippen LogP contribution in [-0.4, -0.2) is 37.2 Å². The molecule has 0 aromatic carbocycles. The third-order valence-corrected chi connectivity index (χ3v) is 13.3. The molecule has 0 rings (SSSR count). The molecule has 0 amide bonds. The van der Waals surface area contributed by atoms with Crippen molar-refractivity contribution in [3.63, 3.8) is 0 Å². The largest absolute Gasteiger partial charge is 0.462 e. The van der Waals surface area contributed by atoms with E-state index in [1.54, 1.807) is 0 Å². The maximum absolute atomic E-state index is 12.9. The molecule has 6 nitrogen and oxygen atoms in total. The smallest absolute Gasteiger partial charge is 0.306 e. The molecular weight excluding hydrogens is 913 g/mol. The van der Waals surface area contributed by atoms with Gasteiger partial charge in [0.05, 0.1) is 0 Å². The Kier molecular flexibility index (Phi) is 58.8. The van der Waals surface area contributed by atoms with Gasteiger partial charge in [0.25, 0.3) is 0 Å². The van der Waals surface area contributed by atoms with Crippen LogP contribution in [0, 0.1) is 0 Å². The van der Waals surface area contributed by atoms with Crippen molar-refractivity contribution in [1.82, 2.24) is 0 Å². The minimum atomic E-state index is -0.804. The van der Waals surface area contributed by atoms with Crippen molar-refractivity contribution in [2.24, 2.45) is 0 Å². The van der Waals surface area contributed by atoms with Gasteiger partial charge in [-0.05, 0) is 122 Å². The number of hydrogen-bond acceptors (Lipinski definition) is 6. The van der Waals surface area contributed by atoms with Gasteiger partial charge in [0.1, 0.15) is 13.2 Å². The zero-order valence-electron chi connectivity index (χ0n) is 48.6. The third-order valence-electron chi connectivity index (χ3n) is 13.3. The summed E-state index contributed by atoms with van der Waals surface area (Å²) in [4.78, 5) is 38.3. The molecule has 0 N–H and O–H groups in total. The summed E-state index contributed by atoms with van der Waals surface area (Å²) in [7, 11) is 0. The lowest BCUT2D eigenvalue weighted by molar-refractivity contribution is -0.167.